The molecule has 0 spiro atoms. The summed E-state index contributed by atoms with van der Waals surface area (Å²) in [4.78, 5) is 25.0. The van der Waals surface area contributed by atoms with Crippen molar-refractivity contribution in [2.75, 3.05) is 13.1 Å². The van der Waals surface area contributed by atoms with Crippen LogP contribution in [0.25, 0.3) is 5.57 Å². The van der Waals surface area contributed by atoms with Crippen LogP contribution in [0.2, 0.25) is 0 Å². The third-order valence-corrected chi connectivity index (χ3v) is 4.63. The molecule has 2 N–H and O–H groups in total. The zero-order chi connectivity index (χ0) is 19.8. The third-order valence-electron chi connectivity index (χ3n) is 4.63. The van der Waals surface area contributed by atoms with Crippen molar-refractivity contribution in [3.63, 3.8) is 0 Å². The fourth-order valence-electron chi connectivity index (χ4n) is 3.36. The zero-order valence-electron chi connectivity index (χ0n) is 16.3. The Morgan fingerprint density at radius 3 is 2.74 bits per heavy atom. The average Bonchev–Trinajstić information content (AvgIpc) is 2.67. The molecule has 1 aromatic rings. The van der Waals surface area contributed by atoms with Crippen LogP contribution in [0.1, 0.15) is 42.5 Å². The highest BCUT2D eigenvalue weighted by Gasteiger charge is 2.25. The van der Waals surface area contributed by atoms with E-state index in [2.05, 4.69) is 29.9 Å². The van der Waals surface area contributed by atoms with Gasteiger partial charge in [0, 0.05) is 26.2 Å². The van der Waals surface area contributed by atoms with Crippen molar-refractivity contribution in [3.05, 3.63) is 65.3 Å². The van der Waals surface area contributed by atoms with Gasteiger partial charge in [0.1, 0.15) is 0 Å². The normalized spacial score (nSPS) is 13.6. The van der Waals surface area contributed by atoms with E-state index in [4.69, 9.17) is 0 Å². The first-order chi connectivity index (χ1) is 13.0. The second kappa shape index (κ2) is 9.76. The monoisotopic (exact) mass is 367 g/mol. The molecule has 0 unspecified atom stereocenters. The Morgan fingerprint density at radius 2 is 2.11 bits per heavy atom. The van der Waals surface area contributed by atoms with Crippen LogP contribution in [0.4, 0.5) is 4.79 Å². The van der Waals surface area contributed by atoms with Gasteiger partial charge in [-0.3, -0.25) is 4.79 Å². The predicted molar refractivity (Wildman–Crippen MR) is 110 cm³/mol. The van der Waals surface area contributed by atoms with Crippen LogP contribution in [0.3, 0.4) is 0 Å². The zero-order valence-corrected chi connectivity index (χ0v) is 16.3. The van der Waals surface area contributed by atoms with Gasteiger partial charge < -0.3 is 15.5 Å². The number of benzene rings is 1. The maximum Gasteiger partial charge on any atom is 0.317 e. The number of carbonyl (C=O) groups excluding carboxylic acids is 2. The van der Waals surface area contributed by atoms with Crippen molar-refractivity contribution in [1.29, 1.82) is 0 Å². The molecule has 0 saturated carbocycles. The van der Waals surface area contributed by atoms with Gasteiger partial charge in [-0.15, -0.1) is 0 Å². The fraction of sp³-hybridized carbons (Fsp3) is 0.364. The van der Waals surface area contributed by atoms with Crippen LogP contribution in [-0.2, 0) is 24.3 Å². The van der Waals surface area contributed by atoms with Crippen LogP contribution in [0.15, 0.2) is 43.0 Å². The summed E-state index contributed by atoms with van der Waals surface area (Å²) < 4.78 is 0. The molecule has 27 heavy (non-hydrogen) atoms. The number of carbonyl (C=O) groups is 2. The molecule has 0 bridgehead atoms. The predicted octanol–water partition coefficient (Wildman–Crippen LogP) is 3.56. The molecule has 3 amide bonds. The van der Waals surface area contributed by atoms with E-state index in [-0.39, 0.29) is 6.03 Å². The van der Waals surface area contributed by atoms with Gasteiger partial charge in [0.15, 0.2) is 0 Å². The summed E-state index contributed by atoms with van der Waals surface area (Å²) in [5.74, 6) is 0. The highest BCUT2D eigenvalue weighted by atomic mass is 16.2. The van der Waals surface area contributed by atoms with E-state index in [9.17, 15) is 9.59 Å². The lowest BCUT2D eigenvalue weighted by molar-refractivity contribution is -0.109. The summed E-state index contributed by atoms with van der Waals surface area (Å²) in [7, 11) is 0. The van der Waals surface area contributed by atoms with Crippen molar-refractivity contribution in [2.24, 2.45) is 0 Å². The molecule has 0 atom stereocenters. The minimum Gasteiger partial charge on any atom is -0.355 e. The molecule has 0 saturated heterocycles. The van der Waals surface area contributed by atoms with Crippen molar-refractivity contribution in [1.82, 2.24) is 15.5 Å². The Hall–Kier alpha value is -2.82. The van der Waals surface area contributed by atoms with E-state index >= 15 is 0 Å². The van der Waals surface area contributed by atoms with E-state index < -0.39 is 0 Å². The van der Waals surface area contributed by atoms with Gasteiger partial charge in [0.2, 0.25) is 6.41 Å². The van der Waals surface area contributed by atoms with Crippen molar-refractivity contribution in [3.8, 4) is 0 Å². The molecule has 1 heterocycles. The summed E-state index contributed by atoms with van der Waals surface area (Å²) in [6.45, 7) is 14.2. The number of hydrogen-bond acceptors (Lipinski definition) is 2. The summed E-state index contributed by atoms with van der Waals surface area (Å²) in [6, 6.07) is 4.06. The molecule has 1 aromatic carbocycles. The first-order valence-electron chi connectivity index (χ1n) is 9.35. The lowest BCUT2D eigenvalue weighted by Crippen LogP contribution is -2.43. The molecule has 0 aromatic heterocycles. The topological polar surface area (TPSA) is 61.4 Å². The number of nitrogens with one attached hydrogen (secondary N) is 2. The smallest absolute Gasteiger partial charge is 0.317 e. The van der Waals surface area contributed by atoms with E-state index in [0.717, 1.165) is 40.7 Å². The number of fused-ring (bicyclic) bond motifs is 1. The second-order valence-corrected chi connectivity index (χ2v) is 6.78. The molecular weight excluding hydrogens is 338 g/mol. The molecule has 144 valence electrons. The lowest BCUT2D eigenvalue weighted by Gasteiger charge is -2.32. The van der Waals surface area contributed by atoms with Gasteiger partial charge in [-0.2, -0.15) is 0 Å². The molecule has 2 rings (SSSR count). The minimum atomic E-state index is -0.0383. The number of allylic oxidation sites excluding steroid dienone is 4. The maximum absolute atomic E-state index is 12.4. The molecule has 5 nitrogen and oxygen atoms in total. The number of hydrogen-bond donors (Lipinski definition) is 2. The van der Waals surface area contributed by atoms with Crippen LogP contribution >= 0.6 is 0 Å². The standard InChI is InChI=1S/C22H29N3O2/c1-5-10-24-22(27)25-11-9-20-19(17(6-2)12-16(3)4)8-7-18(13-23-15-26)21(20)14-25/h6-8,12,15H,2-3,5,9-11,13-14H2,1,4H3,(H,23,26)(H,24,27)/b17-12+. The van der Waals surface area contributed by atoms with Gasteiger partial charge in [-0.25, -0.2) is 4.79 Å². The number of nitrogens with zero attached hydrogens (tertiary/aromatic N) is 1. The highest BCUT2D eigenvalue weighted by Crippen LogP contribution is 2.31. The molecule has 0 radical (unpaired) electrons. The van der Waals surface area contributed by atoms with Gasteiger partial charge in [0.25, 0.3) is 0 Å². The summed E-state index contributed by atoms with van der Waals surface area (Å²) in [5.41, 5.74) is 6.46. The molecule has 1 aliphatic rings. The average molecular weight is 367 g/mol. The van der Waals surface area contributed by atoms with Crippen molar-refractivity contribution in [2.45, 2.75) is 39.8 Å². The van der Waals surface area contributed by atoms with Crippen LogP contribution in [-0.4, -0.2) is 30.4 Å². The SMILES string of the molecule is C=C/C(=C\C(=C)C)c1ccc(CNC=O)c2c1CCN(C(=O)NCCC)C2. The molecule has 5 heteroatoms. The van der Waals surface area contributed by atoms with Gasteiger partial charge in [0.05, 0.1) is 0 Å². The number of rotatable bonds is 8. The van der Waals surface area contributed by atoms with Gasteiger partial charge in [-0.05, 0) is 47.6 Å². The van der Waals surface area contributed by atoms with Crippen molar-refractivity contribution < 1.29 is 9.59 Å². The van der Waals surface area contributed by atoms with Crippen LogP contribution in [0.5, 0.6) is 0 Å². The Kier molecular flexibility index (Phi) is 7.41. The van der Waals surface area contributed by atoms with E-state index in [1.807, 2.05) is 37.0 Å². The van der Waals surface area contributed by atoms with Gasteiger partial charge in [-0.1, -0.05) is 49.9 Å². The Balaban J connectivity index is 2.43. The molecule has 0 aliphatic carbocycles. The van der Waals surface area contributed by atoms with E-state index in [0.29, 0.717) is 32.6 Å². The fourth-order valence-corrected chi connectivity index (χ4v) is 3.36. The quantitative estimate of drug-likeness (QED) is 0.545. The Morgan fingerprint density at radius 1 is 1.33 bits per heavy atom. The van der Waals surface area contributed by atoms with Crippen molar-refractivity contribution >= 4 is 18.0 Å². The molecule has 1 aliphatic heterocycles. The molecular formula is C22H29N3O2. The third kappa shape index (κ3) is 5.09. The van der Waals surface area contributed by atoms with E-state index in [1.54, 1.807) is 0 Å². The first kappa shape index (κ1) is 20.5. The van der Waals surface area contributed by atoms with Crippen LogP contribution in [0, 0.1) is 0 Å². The summed E-state index contributed by atoms with van der Waals surface area (Å²) >= 11 is 0. The number of amides is 3. The van der Waals surface area contributed by atoms with E-state index in [1.165, 1.54) is 5.56 Å². The lowest BCUT2D eigenvalue weighted by atomic mass is 9.87. The largest absolute Gasteiger partial charge is 0.355 e. The Labute approximate surface area is 161 Å². The Bertz CT molecular complexity index is 765. The maximum atomic E-state index is 12.4. The van der Waals surface area contributed by atoms with Crippen LogP contribution < -0.4 is 10.6 Å². The molecule has 0 fully saturated rings. The minimum absolute atomic E-state index is 0.0383. The number of urea groups is 1. The summed E-state index contributed by atoms with van der Waals surface area (Å²) in [5, 5.41) is 5.69. The second-order valence-electron chi connectivity index (χ2n) is 6.78. The summed E-state index contributed by atoms with van der Waals surface area (Å²) in [6.07, 6.45) is 6.23. The first-order valence-corrected chi connectivity index (χ1v) is 9.35. The highest BCUT2D eigenvalue weighted by molar-refractivity contribution is 5.79. The van der Waals surface area contributed by atoms with Gasteiger partial charge >= 0.3 is 6.03 Å².